The van der Waals surface area contributed by atoms with Crippen LogP contribution in [-0.4, -0.2) is 35.1 Å². The van der Waals surface area contributed by atoms with Crippen LogP contribution in [0.25, 0.3) is 11.3 Å². The van der Waals surface area contributed by atoms with Crippen LogP contribution in [0.2, 0.25) is 0 Å². The lowest BCUT2D eigenvalue weighted by Crippen LogP contribution is -2.23. The van der Waals surface area contributed by atoms with Gasteiger partial charge in [0.15, 0.2) is 0 Å². The molecule has 0 saturated heterocycles. The maximum absolute atomic E-state index is 12.4. The fourth-order valence-electron chi connectivity index (χ4n) is 2.68. The largest absolute Gasteiger partial charge is 0.348 e. The summed E-state index contributed by atoms with van der Waals surface area (Å²) in [5.41, 5.74) is 4.92. The summed E-state index contributed by atoms with van der Waals surface area (Å²) < 4.78 is 0. The molecule has 5 nitrogen and oxygen atoms in total. The van der Waals surface area contributed by atoms with E-state index in [4.69, 9.17) is 0 Å². The standard InChI is InChI=1S/C20H22N4O/c1-24(2)14-16-4-3-5-18(12-16)20(25)21-13-15-6-8-17(9-7-15)19-10-11-22-23-19/h3-12H,13-14H2,1-2H3,(H,21,25)(H,22,23). The molecule has 0 aliphatic carbocycles. The normalized spacial score (nSPS) is 10.8. The minimum Gasteiger partial charge on any atom is -0.348 e. The highest BCUT2D eigenvalue weighted by Gasteiger charge is 2.07. The third-order valence-electron chi connectivity index (χ3n) is 3.91. The molecule has 0 radical (unpaired) electrons. The first-order valence-corrected chi connectivity index (χ1v) is 8.22. The van der Waals surface area contributed by atoms with Gasteiger partial charge < -0.3 is 10.2 Å². The van der Waals surface area contributed by atoms with Crippen LogP contribution in [0.15, 0.2) is 60.8 Å². The monoisotopic (exact) mass is 334 g/mol. The van der Waals surface area contributed by atoms with E-state index in [-0.39, 0.29) is 5.91 Å². The maximum atomic E-state index is 12.4. The highest BCUT2D eigenvalue weighted by molar-refractivity contribution is 5.94. The van der Waals surface area contributed by atoms with E-state index in [1.54, 1.807) is 6.20 Å². The molecule has 0 aliphatic rings. The fraction of sp³-hybridized carbons (Fsp3) is 0.200. The second kappa shape index (κ2) is 7.77. The van der Waals surface area contributed by atoms with E-state index in [0.717, 1.165) is 28.9 Å². The topological polar surface area (TPSA) is 61.0 Å². The zero-order valence-electron chi connectivity index (χ0n) is 14.5. The van der Waals surface area contributed by atoms with E-state index in [9.17, 15) is 4.79 Å². The number of carbonyl (C=O) groups excluding carboxylic acids is 1. The average molecular weight is 334 g/mol. The first-order valence-electron chi connectivity index (χ1n) is 8.22. The van der Waals surface area contributed by atoms with Crippen molar-refractivity contribution in [1.82, 2.24) is 20.4 Å². The van der Waals surface area contributed by atoms with Gasteiger partial charge in [-0.3, -0.25) is 9.89 Å². The number of nitrogens with zero attached hydrogens (tertiary/aromatic N) is 2. The molecule has 5 heteroatoms. The number of rotatable bonds is 6. The molecule has 0 aliphatic heterocycles. The van der Waals surface area contributed by atoms with Gasteiger partial charge in [0.25, 0.3) is 5.91 Å². The van der Waals surface area contributed by atoms with Gasteiger partial charge in [-0.25, -0.2) is 0 Å². The third-order valence-corrected chi connectivity index (χ3v) is 3.91. The summed E-state index contributed by atoms with van der Waals surface area (Å²) in [4.78, 5) is 14.5. The van der Waals surface area contributed by atoms with Gasteiger partial charge in [-0.05, 0) is 49.0 Å². The van der Waals surface area contributed by atoms with Crippen molar-refractivity contribution >= 4 is 5.91 Å². The number of H-pyrrole nitrogens is 1. The van der Waals surface area contributed by atoms with Crippen LogP contribution in [0.3, 0.4) is 0 Å². The second-order valence-electron chi connectivity index (χ2n) is 6.29. The predicted octanol–water partition coefficient (Wildman–Crippen LogP) is 3.07. The number of hydrogen-bond acceptors (Lipinski definition) is 3. The Morgan fingerprint density at radius 2 is 1.88 bits per heavy atom. The average Bonchev–Trinajstić information content (AvgIpc) is 3.14. The summed E-state index contributed by atoms with van der Waals surface area (Å²) in [6.07, 6.45) is 1.73. The number of benzene rings is 2. The van der Waals surface area contributed by atoms with E-state index in [2.05, 4.69) is 20.4 Å². The minimum atomic E-state index is -0.0572. The Labute approximate surface area is 147 Å². The van der Waals surface area contributed by atoms with Crippen LogP contribution < -0.4 is 5.32 Å². The predicted molar refractivity (Wildman–Crippen MR) is 99.0 cm³/mol. The highest BCUT2D eigenvalue weighted by atomic mass is 16.1. The molecule has 3 rings (SSSR count). The van der Waals surface area contributed by atoms with Gasteiger partial charge in [0.1, 0.15) is 0 Å². The van der Waals surface area contributed by atoms with E-state index < -0.39 is 0 Å². The van der Waals surface area contributed by atoms with Crippen molar-refractivity contribution in [1.29, 1.82) is 0 Å². The fourth-order valence-corrected chi connectivity index (χ4v) is 2.68. The zero-order chi connectivity index (χ0) is 17.6. The molecule has 0 fully saturated rings. The lowest BCUT2D eigenvalue weighted by molar-refractivity contribution is 0.0950. The van der Waals surface area contributed by atoms with Crippen LogP contribution in [0.1, 0.15) is 21.5 Å². The first-order chi connectivity index (χ1) is 12.1. The van der Waals surface area contributed by atoms with Crippen molar-refractivity contribution < 1.29 is 4.79 Å². The molecule has 128 valence electrons. The molecule has 0 saturated carbocycles. The molecule has 0 spiro atoms. The number of nitrogens with one attached hydrogen (secondary N) is 2. The van der Waals surface area contributed by atoms with Gasteiger partial charge >= 0.3 is 0 Å². The summed E-state index contributed by atoms with van der Waals surface area (Å²) in [6.45, 7) is 1.32. The van der Waals surface area contributed by atoms with E-state index in [1.165, 1.54) is 0 Å². The smallest absolute Gasteiger partial charge is 0.251 e. The van der Waals surface area contributed by atoms with Crippen molar-refractivity contribution in [2.45, 2.75) is 13.1 Å². The molecule has 0 atom stereocenters. The minimum absolute atomic E-state index is 0.0572. The van der Waals surface area contributed by atoms with E-state index >= 15 is 0 Å². The van der Waals surface area contributed by atoms with Crippen molar-refractivity contribution in [3.63, 3.8) is 0 Å². The molecule has 2 N–H and O–H groups in total. The molecular formula is C20H22N4O. The summed E-state index contributed by atoms with van der Waals surface area (Å²) >= 11 is 0. The maximum Gasteiger partial charge on any atom is 0.251 e. The van der Waals surface area contributed by atoms with Crippen LogP contribution in [0.5, 0.6) is 0 Å². The Morgan fingerprint density at radius 3 is 2.56 bits per heavy atom. The number of aromatic nitrogens is 2. The van der Waals surface area contributed by atoms with Crippen LogP contribution in [0.4, 0.5) is 0 Å². The summed E-state index contributed by atoms with van der Waals surface area (Å²) in [5, 5.41) is 9.87. The second-order valence-corrected chi connectivity index (χ2v) is 6.29. The Morgan fingerprint density at radius 1 is 1.08 bits per heavy atom. The Hall–Kier alpha value is -2.92. The third kappa shape index (κ3) is 4.55. The Bertz CT molecular complexity index is 823. The van der Waals surface area contributed by atoms with Crippen molar-refractivity contribution in [2.75, 3.05) is 14.1 Å². The van der Waals surface area contributed by atoms with Crippen molar-refractivity contribution in [3.8, 4) is 11.3 Å². The molecule has 2 aromatic carbocycles. The lowest BCUT2D eigenvalue weighted by Gasteiger charge is -2.11. The van der Waals surface area contributed by atoms with E-state index in [0.29, 0.717) is 12.1 Å². The molecule has 3 aromatic rings. The van der Waals surface area contributed by atoms with Crippen LogP contribution in [-0.2, 0) is 13.1 Å². The molecule has 25 heavy (non-hydrogen) atoms. The summed E-state index contributed by atoms with van der Waals surface area (Å²) in [6, 6.07) is 17.7. The quantitative estimate of drug-likeness (QED) is 0.728. The van der Waals surface area contributed by atoms with Crippen LogP contribution >= 0.6 is 0 Å². The lowest BCUT2D eigenvalue weighted by atomic mass is 10.1. The van der Waals surface area contributed by atoms with Gasteiger partial charge in [-0.1, -0.05) is 36.4 Å². The van der Waals surface area contributed by atoms with Crippen molar-refractivity contribution in [3.05, 3.63) is 77.5 Å². The molecule has 1 aromatic heterocycles. The summed E-state index contributed by atoms with van der Waals surface area (Å²) in [5.74, 6) is -0.0572. The molecule has 0 unspecified atom stereocenters. The van der Waals surface area contributed by atoms with E-state index in [1.807, 2.05) is 68.7 Å². The van der Waals surface area contributed by atoms with Gasteiger partial charge in [0.2, 0.25) is 0 Å². The highest BCUT2D eigenvalue weighted by Crippen LogP contribution is 2.16. The molecular weight excluding hydrogens is 312 g/mol. The molecule has 1 amide bonds. The number of amides is 1. The molecule has 0 bridgehead atoms. The number of hydrogen-bond donors (Lipinski definition) is 2. The van der Waals surface area contributed by atoms with Gasteiger partial charge in [0, 0.05) is 24.8 Å². The Kier molecular flexibility index (Phi) is 5.26. The zero-order valence-corrected chi connectivity index (χ0v) is 14.5. The van der Waals surface area contributed by atoms with Crippen LogP contribution in [0, 0.1) is 0 Å². The SMILES string of the molecule is CN(C)Cc1cccc(C(=O)NCc2ccc(-c3ccn[nH]3)cc2)c1. The Balaban J connectivity index is 1.60. The van der Waals surface area contributed by atoms with Gasteiger partial charge in [0.05, 0.1) is 5.69 Å². The summed E-state index contributed by atoms with van der Waals surface area (Å²) in [7, 11) is 4.03. The van der Waals surface area contributed by atoms with Gasteiger partial charge in [-0.15, -0.1) is 0 Å². The van der Waals surface area contributed by atoms with Gasteiger partial charge in [-0.2, -0.15) is 5.10 Å². The first kappa shape index (κ1) is 16.9. The molecule has 1 heterocycles. The number of aromatic amines is 1. The number of carbonyl (C=O) groups is 1. The van der Waals surface area contributed by atoms with Crippen molar-refractivity contribution in [2.24, 2.45) is 0 Å².